The van der Waals surface area contributed by atoms with Crippen LogP contribution >= 0.6 is 15.9 Å². The van der Waals surface area contributed by atoms with Gasteiger partial charge >= 0.3 is 5.97 Å². The number of rotatable bonds is 3. The van der Waals surface area contributed by atoms with E-state index in [1.54, 1.807) is 24.3 Å². The van der Waals surface area contributed by atoms with Crippen molar-refractivity contribution in [3.05, 3.63) is 46.5 Å². The first kappa shape index (κ1) is 11.9. The smallest absolute Gasteiger partial charge is 0.337 e. The normalized spacial score (nSPS) is 13.4. The minimum Gasteiger partial charge on any atom is -0.466 e. The van der Waals surface area contributed by atoms with Gasteiger partial charge in [-0.1, -0.05) is 46.3 Å². The molecule has 0 saturated heterocycles. The fraction of sp³-hybridized carbons (Fsp3) is 0.182. The van der Waals surface area contributed by atoms with Crippen molar-refractivity contribution in [3.63, 3.8) is 0 Å². The van der Waals surface area contributed by atoms with Gasteiger partial charge in [-0.3, -0.25) is 0 Å². The molecule has 3 nitrogen and oxygen atoms in total. The largest absolute Gasteiger partial charge is 0.466 e. The quantitative estimate of drug-likeness (QED) is 0.677. The number of halogens is 1. The topological polar surface area (TPSA) is 46.5 Å². The molecule has 0 aliphatic carbocycles. The van der Waals surface area contributed by atoms with Gasteiger partial charge in [0.15, 0.2) is 0 Å². The number of hydrogen-bond acceptors (Lipinski definition) is 3. The second kappa shape index (κ2) is 5.68. The van der Waals surface area contributed by atoms with Gasteiger partial charge in [-0.15, -0.1) is 0 Å². The van der Waals surface area contributed by atoms with E-state index in [1.165, 1.54) is 12.1 Å². The average Bonchev–Trinajstić information content (AvgIpc) is 2.30. The standard InChI is InChI=1S/C11H11BrO3/c1-15-11(14)9(7-12)10(13)8-5-3-2-4-6-8/h2-7,10,13H,1H3/b9-7-. The molecule has 0 fully saturated rings. The van der Waals surface area contributed by atoms with E-state index < -0.39 is 12.1 Å². The molecule has 1 unspecified atom stereocenters. The van der Waals surface area contributed by atoms with Gasteiger partial charge in [0, 0.05) is 0 Å². The minimum atomic E-state index is -0.974. The predicted octanol–water partition coefficient (Wildman–Crippen LogP) is 2.17. The molecule has 1 rings (SSSR count). The number of hydrogen-bond donors (Lipinski definition) is 1. The Morgan fingerprint density at radius 1 is 1.47 bits per heavy atom. The third-order valence-electron chi connectivity index (χ3n) is 1.95. The zero-order valence-electron chi connectivity index (χ0n) is 8.18. The molecular weight excluding hydrogens is 260 g/mol. The zero-order valence-corrected chi connectivity index (χ0v) is 9.77. The summed E-state index contributed by atoms with van der Waals surface area (Å²) in [7, 11) is 1.27. The Kier molecular flexibility index (Phi) is 4.52. The molecule has 1 aromatic rings. The van der Waals surface area contributed by atoms with E-state index in [-0.39, 0.29) is 5.57 Å². The van der Waals surface area contributed by atoms with E-state index in [4.69, 9.17) is 0 Å². The second-order valence-corrected chi connectivity index (χ2v) is 3.33. The van der Waals surface area contributed by atoms with E-state index in [0.717, 1.165) is 0 Å². The van der Waals surface area contributed by atoms with Gasteiger partial charge in [0.25, 0.3) is 0 Å². The molecule has 0 aliphatic heterocycles. The highest BCUT2D eigenvalue weighted by atomic mass is 79.9. The summed E-state index contributed by atoms with van der Waals surface area (Å²) in [5.74, 6) is -0.553. The molecule has 1 atom stereocenters. The average molecular weight is 271 g/mol. The van der Waals surface area contributed by atoms with Crippen molar-refractivity contribution in [1.82, 2.24) is 0 Å². The van der Waals surface area contributed by atoms with Crippen molar-refractivity contribution in [3.8, 4) is 0 Å². The zero-order chi connectivity index (χ0) is 11.3. The highest BCUT2D eigenvalue weighted by molar-refractivity contribution is 9.11. The van der Waals surface area contributed by atoms with Crippen LogP contribution in [-0.2, 0) is 9.53 Å². The van der Waals surface area contributed by atoms with Crippen LogP contribution in [0.25, 0.3) is 0 Å². The lowest BCUT2D eigenvalue weighted by molar-refractivity contribution is -0.137. The van der Waals surface area contributed by atoms with Crippen LogP contribution in [0.3, 0.4) is 0 Å². The maximum Gasteiger partial charge on any atom is 0.337 e. The van der Waals surface area contributed by atoms with E-state index >= 15 is 0 Å². The van der Waals surface area contributed by atoms with E-state index in [2.05, 4.69) is 20.7 Å². The summed E-state index contributed by atoms with van der Waals surface area (Å²) in [6.07, 6.45) is -0.974. The summed E-state index contributed by atoms with van der Waals surface area (Å²) in [6.45, 7) is 0. The van der Waals surface area contributed by atoms with Crippen molar-refractivity contribution >= 4 is 21.9 Å². The minimum absolute atomic E-state index is 0.170. The van der Waals surface area contributed by atoms with Crippen LogP contribution in [0, 0.1) is 0 Å². The van der Waals surface area contributed by atoms with Gasteiger partial charge in [0.1, 0.15) is 6.10 Å². The summed E-state index contributed by atoms with van der Waals surface area (Å²) >= 11 is 3.03. The fourth-order valence-electron chi connectivity index (χ4n) is 1.15. The SMILES string of the molecule is COC(=O)/C(=C\Br)C(O)c1ccccc1. The summed E-state index contributed by atoms with van der Waals surface area (Å²) in [5, 5.41) is 9.88. The van der Waals surface area contributed by atoms with Gasteiger partial charge in [0.05, 0.1) is 12.7 Å². The number of ether oxygens (including phenoxy) is 1. The van der Waals surface area contributed by atoms with Gasteiger partial charge in [-0.2, -0.15) is 0 Å². The van der Waals surface area contributed by atoms with Gasteiger partial charge in [-0.25, -0.2) is 4.79 Å². The number of aliphatic hydroxyl groups is 1. The first-order chi connectivity index (χ1) is 7.20. The molecule has 80 valence electrons. The van der Waals surface area contributed by atoms with E-state index in [9.17, 15) is 9.90 Å². The van der Waals surface area contributed by atoms with Crippen LogP contribution in [0.4, 0.5) is 0 Å². The Morgan fingerprint density at radius 3 is 2.53 bits per heavy atom. The number of benzene rings is 1. The van der Waals surface area contributed by atoms with Gasteiger partial charge in [-0.05, 0) is 10.5 Å². The lowest BCUT2D eigenvalue weighted by Gasteiger charge is -2.12. The first-order valence-corrected chi connectivity index (χ1v) is 5.24. The number of carbonyl (C=O) groups excluding carboxylic acids is 1. The van der Waals surface area contributed by atoms with Crippen LogP contribution < -0.4 is 0 Å². The maximum atomic E-state index is 11.3. The van der Waals surface area contributed by atoms with Crippen molar-refractivity contribution in [2.75, 3.05) is 7.11 Å². The Labute approximate surface area is 96.5 Å². The summed E-state index contributed by atoms with van der Waals surface area (Å²) in [6, 6.07) is 8.91. The number of aliphatic hydroxyl groups excluding tert-OH is 1. The molecular formula is C11H11BrO3. The lowest BCUT2D eigenvalue weighted by Crippen LogP contribution is -2.12. The number of methoxy groups -OCH3 is 1. The summed E-state index contributed by atoms with van der Waals surface area (Å²) in [5.41, 5.74) is 0.817. The van der Waals surface area contributed by atoms with Crippen molar-refractivity contribution < 1.29 is 14.6 Å². The summed E-state index contributed by atoms with van der Waals surface area (Å²) in [4.78, 5) is 12.6. The molecule has 15 heavy (non-hydrogen) atoms. The van der Waals surface area contributed by atoms with Crippen LogP contribution in [-0.4, -0.2) is 18.2 Å². The maximum absolute atomic E-state index is 11.3. The van der Waals surface area contributed by atoms with Crippen molar-refractivity contribution in [2.45, 2.75) is 6.10 Å². The Balaban J connectivity index is 2.93. The molecule has 4 heteroatoms. The molecule has 0 radical (unpaired) electrons. The monoisotopic (exact) mass is 270 g/mol. The first-order valence-electron chi connectivity index (χ1n) is 4.32. The van der Waals surface area contributed by atoms with E-state index in [1.807, 2.05) is 6.07 Å². The molecule has 0 bridgehead atoms. The highest BCUT2D eigenvalue weighted by Crippen LogP contribution is 2.23. The number of esters is 1. The Morgan fingerprint density at radius 2 is 2.07 bits per heavy atom. The van der Waals surface area contributed by atoms with Crippen LogP contribution in [0.15, 0.2) is 40.9 Å². The van der Waals surface area contributed by atoms with Crippen molar-refractivity contribution in [1.29, 1.82) is 0 Å². The summed E-state index contributed by atoms with van der Waals surface area (Å²) < 4.78 is 4.55. The molecule has 0 saturated carbocycles. The molecule has 0 heterocycles. The molecule has 0 aliphatic rings. The second-order valence-electron chi connectivity index (χ2n) is 2.87. The molecule has 1 aromatic carbocycles. The van der Waals surface area contributed by atoms with Gasteiger partial charge in [0.2, 0.25) is 0 Å². The molecule has 1 N–H and O–H groups in total. The van der Waals surface area contributed by atoms with E-state index in [0.29, 0.717) is 5.56 Å². The Bertz CT molecular complexity index is 359. The third kappa shape index (κ3) is 2.91. The molecule has 0 amide bonds. The van der Waals surface area contributed by atoms with Crippen LogP contribution in [0.2, 0.25) is 0 Å². The van der Waals surface area contributed by atoms with Crippen molar-refractivity contribution in [2.24, 2.45) is 0 Å². The third-order valence-corrected chi connectivity index (χ3v) is 2.44. The Hall–Kier alpha value is -1.13. The van der Waals surface area contributed by atoms with Gasteiger partial charge < -0.3 is 9.84 Å². The molecule has 0 spiro atoms. The predicted molar refractivity (Wildman–Crippen MR) is 60.4 cm³/mol. The fourth-order valence-corrected chi connectivity index (χ4v) is 1.59. The highest BCUT2D eigenvalue weighted by Gasteiger charge is 2.20. The van der Waals surface area contributed by atoms with Crippen LogP contribution in [0.5, 0.6) is 0 Å². The van der Waals surface area contributed by atoms with Crippen LogP contribution in [0.1, 0.15) is 11.7 Å². The lowest BCUT2D eigenvalue weighted by atomic mass is 10.0. The molecule has 0 aromatic heterocycles. The number of carbonyl (C=O) groups is 1.